The van der Waals surface area contributed by atoms with Crippen molar-refractivity contribution in [3.8, 4) is 22.0 Å². The van der Waals surface area contributed by atoms with Crippen molar-refractivity contribution in [3.63, 3.8) is 0 Å². The van der Waals surface area contributed by atoms with Crippen molar-refractivity contribution >= 4 is 16.9 Å². The zero-order valence-corrected chi connectivity index (χ0v) is 18.8. The van der Waals surface area contributed by atoms with Gasteiger partial charge in [-0.2, -0.15) is 0 Å². The van der Waals surface area contributed by atoms with Crippen LogP contribution in [0.2, 0.25) is 0 Å². The highest BCUT2D eigenvalue weighted by atomic mass is 32.1. The summed E-state index contributed by atoms with van der Waals surface area (Å²) in [6, 6.07) is 5.33. The maximum Gasteiger partial charge on any atom is 0.151 e. The van der Waals surface area contributed by atoms with Gasteiger partial charge in [-0.05, 0) is 37.0 Å². The Morgan fingerprint density at radius 2 is 2.23 bits per heavy atom. The van der Waals surface area contributed by atoms with E-state index in [1.165, 1.54) is 11.3 Å². The second kappa shape index (κ2) is 8.51. The summed E-state index contributed by atoms with van der Waals surface area (Å²) in [5.74, 6) is -0.278. The number of methoxy groups -OCH3 is 1. The van der Waals surface area contributed by atoms with Crippen molar-refractivity contribution in [1.82, 2.24) is 19.7 Å². The lowest BCUT2D eigenvalue weighted by molar-refractivity contribution is -0.0479. The number of hydrogen-bond donors (Lipinski definition) is 1. The molecule has 0 saturated heterocycles. The molecule has 1 fully saturated rings. The van der Waals surface area contributed by atoms with Gasteiger partial charge in [0.25, 0.3) is 0 Å². The number of alkyl halides is 1. The lowest BCUT2D eigenvalue weighted by Gasteiger charge is -2.44. The van der Waals surface area contributed by atoms with Crippen LogP contribution < -0.4 is 0 Å². The first kappa shape index (κ1) is 21.6. The van der Waals surface area contributed by atoms with Crippen molar-refractivity contribution in [3.05, 3.63) is 48.5 Å². The number of phenolic OH excluding ortho intramolecular Hbond substituents is 1. The van der Waals surface area contributed by atoms with Crippen LogP contribution in [0.1, 0.15) is 38.1 Å². The number of phenols is 1. The molecule has 0 bridgehead atoms. The predicted molar refractivity (Wildman–Crippen MR) is 120 cm³/mol. The minimum absolute atomic E-state index is 0.00847. The molecule has 1 aromatic carbocycles. The number of aromatic nitrogens is 4. The number of nitrogens with zero attached hydrogens (tertiary/aromatic N) is 4. The fraction of sp³-hybridized carbons (Fsp3) is 0.435. The Balaban J connectivity index is 1.59. The Labute approximate surface area is 185 Å². The lowest BCUT2D eigenvalue weighted by Crippen LogP contribution is -2.44. The Bertz CT molecular complexity index is 1070. The van der Waals surface area contributed by atoms with E-state index in [9.17, 15) is 5.11 Å². The van der Waals surface area contributed by atoms with Crippen molar-refractivity contribution in [2.75, 3.05) is 7.11 Å². The van der Waals surface area contributed by atoms with Crippen LogP contribution in [0.25, 0.3) is 21.8 Å². The molecule has 4 rings (SSSR count). The molecule has 1 N–H and O–H groups in total. The number of ether oxygens (including phenoxy) is 1. The monoisotopic (exact) mass is 442 g/mol. The van der Waals surface area contributed by atoms with Gasteiger partial charge in [-0.1, -0.05) is 31.8 Å². The van der Waals surface area contributed by atoms with Crippen molar-refractivity contribution < 1.29 is 14.2 Å². The van der Waals surface area contributed by atoms with Gasteiger partial charge in [-0.25, -0.2) is 9.37 Å². The van der Waals surface area contributed by atoms with E-state index >= 15 is 4.39 Å². The van der Waals surface area contributed by atoms with E-state index in [4.69, 9.17) is 4.74 Å². The van der Waals surface area contributed by atoms with Gasteiger partial charge < -0.3 is 14.4 Å². The number of hydrogen-bond acceptors (Lipinski definition) is 6. The lowest BCUT2D eigenvalue weighted by atomic mass is 9.65. The highest BCUT2D eigenvalue weighted by Gasteiger charge is 2.47. The molecule has 0 radical (unpaired) electrons. The second-order valence-corrected chi connectivity index (χ2v) is 9.40. The number of aromatic hydroxyl groups is 1. The third-order valence-electron chi connectivity index (χ3n) is 6.53. The van der Waals surface area contributed by atoms with Crippen LogP contribution >= 0.6 is 11.3 Å². The summed E-state index contributed by atoms with van der Waals surface area (Å²) >= 11 is 1.32. The van der Waals surface area contributed by atoms with Gasteiger partial charge in [0.05, 0.1) is 23.7 Å². The summed E-state index contributed by atoms with van der Waals surface area (Å²) in [5, 5.41) is 20.2. The molecule has 0 spiro atoms. The number of allylic oxidation sites excluding steroid dienone is 1. The Kier molecular flexibility index (Phi) is 5.94. The van der Waals surface area contributed by atoms with Crippen LogP contribution in [0.3, 0.4) is 0 Å². The Morgan fingerprint density at radius 1 is 1.42 bits per heavy atom. The van der Waals surface area contributed by atoms with Crippen molar-refractivity contribution in [1.29, 1.82) is 0 Å². The molecular weight excluding hydrogens is 415 g/mol. The molecule has 2 aromatic heterocycles. The molecule has 1 aliphatic carbocycles. The van der Waals surface area contributed by atoms with Gasteiger partial charge in [0, 0.05) is 36.9 Å². The fourth-order valence-corrected chi connectivity index (χ4v) is 5.25. The zero-order valence-electron chi connectivity index (χ0n) is 18.0. The smallest absolute Gasteiger partial charge is 0.151 e. The maximum atomic E-state index is 15.5. The van der Waals surface area contributed by atoms with E-state index in [0.717, 1.165) is 12.1 Å². The molecule has 1 saturated carbocycles. The number of rotatable bonds is 6. The van der Waals surface area contributed by atoms with Gasteiger partial charge >= 0.3 is 0 Å². The molecular formula is C23H27FN4O2S. The second-order valence-electron chi connectivity index (χ2n) is 8.42. The molecule has 6 nitrogen and oxygen atoms in total. The van der Waals surface area contributed by atoms with E-state index < -0.39 is 11.6 Å². The van der Waals surface area contributed by atoms with Crippen LogP contribution in [0.15, 0.2) is 43.5 Å². The summed E-state index contributed by atoms with van der Waals surface area (Å²) in [7, 11) is 1.68. The van der Waals surface area contributed by atoms with E-state index in [0.29, 0.717) is 34.0 Å². The van der Waals surface area contributed by atoms with E-state index in [2.05, 4.69) is 21.8 Å². The molecule has 164 valence electrons. The summed E-state index contributed by atoms with van der Waals surface area (Å²) < 4.78 is 22.9. The minimum atomic E-state index is -1.02. The molecule has 8 heteroatoms. The third-order valence-corrected chi connectivity index (χ3v) is 7.56. The fourth-order valence-electron chi connectivity index (χ4n) is 4.34. The predicted octanol–water partition coefficient (Wildman–Crippen LogP) is 5.29. The standard InChI is InChI=1S/C23H27FN4O2S/c1-5-23(3)12-16(30-4)11-18(20(23)24)14(2)21-26-27-22(31-21)17-7-6-15(10-19(17)29)28-9-8-25-13-28/h6-10,13,16,18,20,29H,2,5,11-12H2,1,3-4H3/t16-,18-,20-,23-/m0/s1. The summed E-state index contributed by atoms with van der Waals surface area (Å²) in [4.78, 5) is 4.02. The molecule has 0 aliphatic heterocycles. The molecule has 1 aliphatic rings. The van der Waals surface area contributed by atoms with Crippen LogP contribution in [-0.4, -0.2) is 44.2 Å². The largest absolute Gasteiger partial charge is 0.507 e. The Morgan fingerprint density at radius 3 is 2.87 bits per heavy atom. The summed E-state index contributed by atoms with van der Waals surface area (Å²) in [6.45, 7) is 8.18. The van der Waals surface area contributed by atoms with Gasteiger partial charge in [0.1, 0.15) is 16.9 Å². The zero-order chi connectivity index (χ0) is 22.2. The Hall–Kier alpha value is -2.58. The van der Waals surface area contributed by atoms with Crippen molar-refractivity contribution in [2.45, 2.75) is 45.4 Å². The van der Waals surface area contributed by atoms with Gasteiger partial charge in [0.15, 0.2) is 5.01 Å². The maximum absolute atomic E-state index is 15.5. The molecule has 31 heavy (non-hydrogen) atoms. The third kappa shape index (κ3) is 4.02. The first-order valence-corrected chi connectivity index (χ1v) is 11.2. The topological polar surface area (TPSA) is 73.1 Å². The highest BCUT2D eigenvalue weighted by molar-refractivity contribution is 7.15. The average Bonchev–Trinajstić information content (AvgIpc) is 3.47. The highest BCUT2D eigenvalue weighted by Crippen LogP contribution is 2.49. The van der Waals surface area contributed by atoms with Gasteiger partial charge in [-0.3, -0.25) is 0 Å². The van der Waals surface area contributed by atoms with Crippen LogP contribution in [0, 0.1) is 11.3 Å². The first-order valence-electron chi connectivity index (χ1n) is 10.4. The average molecular weight is 443 g/mol. The first-order chi connectivity index (χ1) is 14.9. The molecule has 3 aromatic rings. The summed E-state index contributed by atoms with van der Waals surface area (Å²) in [6.07, 6.45) is 6.12. The summed E-state index contributed by atoms with van der Waals surface area (Å²) in [5.41, 5.74) is 1.56. The molecule has 4 atom stereocenters. The van der Waals surface area contributed by atoms with E-state index in [-0.39, 0.29) is 17.8 Å². The number of imidazole rings is 1. The number of benzene rings is 1. The quantitative estimate of drug-likeness (QED) is 0.562. The van der Waals surface area contributed by atoms with Gasteiger partial charge in [0.2, 0.25) is 0 Å². The molecule has 2 heterocycles. The van der Waals surface area contributed by atoms with Crippen LogP contribution in [0.4, 0.5) is 4.39 Å². The van der Waals surface area contributed by atoms with Crippen LogP contribution in [0.5, 0.6) is 5.75 Å². The van der Waals surface area contributed by atoms with Gasteiger partial charge in [-0.15, -0.1) is 10.2 Å². The van der Waals surface area contributed by atoms with Crippen molar-refractivity contribution in [2.24, 2.45) is 11.3 Å². The minimum Gasteiger partial charge on any atom is -0.507 e. The molecule has 0 amide bonds. The normalized spacial score (nSPS) is 26.1. The van der Waals surface area contributed by atoms with Crippen LogP contribution in [-0.2, 0) is 4.74 Å². The van der Waals surface area contributed by atoms with E-state index in [1.54, 1.807) is 42.5 Å². The van der Waals surface area contributed by atoms with E-state index in [1.807, 2.05) is 19.9 Å². The molecule has 0 unspecified atom stereocenters. The number of halogens is 1. The SMILES string of the molecule is C=C(c1nnc(-c2ccc(-n3ccnc3)cc2O)s1)[C@@H]1C[C@H](OC)C[C@](C)(CC)[C@H]1F.